The molecular formula is C31H42F3N5O4. The van der Waals surface area contributed by atoms with Gasteiger partial charge in [0.25, 0.3) is 5.91 Å². The number of carbonyl (C=O) groups is 3. The summed E-state index contributed by atoms with van der Waals surface area (Å²) >= 11 is 0. The summed E-state index contributed by atoms with van der Waals surface area (Å²) in [5, 5.41) is 12.5. The van der Waals surface area contributed by atoms with Crippen LogP contribution in [-0.4, -0.2) is 59.0 Å². The maximum atomic E-state index is 13.9. The zero-order chi connectivity index (χ0) is 31.0. The second kappa shape index (κ2) is 14.7. The molecule has 1 saturated heterocycles. The molecule has 9 nitrogen and oxygen atoms in total. The Balaban J connectivity index is 1.45. The van der Waals surface area contributed by atoms with E-state index in [1.54, 1.807) is 11.0 Å². The highest BCUT2D eigenvalue weighted by Crippen LogP contribution is 2.31. The molecule has 1 aromatic heterocycles. The fraction of sp³-hybridized carbons (Fsp3) is 0.613. The largest absolute Gasteiger partial charge is 0.416 e. The van der Waals surface area contributed by atoms with Gasteiger partial charge in [-0.2, -0.15) is 13.2 Å². The minimum absolute atomic E-state index is 0.00336. The third-order valence-corrected chi connectivity index (χ3v) is 8.65. The molecule has 3 amide bonds. The van der Waals surface area contributed by atoms with Crippen molar-refractivity contribution < 1.29 is 32.1 Å². The fourth-order valence-corrected chi connectivity index (χ4v) is 6.00. The number of likely N-dealkylation sites (tertiary alicyclic amines) is 1. The highest BCUT2D eigenvalue weighted by Gasteiger charge is 2.36. The first-order valence-corrected chi connectivity index (χ1v) is 15.3. The molecule has 4 atom stereocenters. The Hall–Kier alpha value is -3.57. The van der Waals surface area contributed by atoms with Crippen molar-refractivity contribution in [3.63, 3.8) is 0 Å². The first kappa shape index (κ1) is 32.3. The van der Waals surface area contributed by atoms with E-state index < -0.39 is 35.6 Å². The summed E-state index contributed by atoms with van der Waals surface area (Å²) in [6.07, 6.45) is 4.62. The summed E-state index contributed by atoms with van der Waals surface area (Å²) in [7, 11) is 0. The van der Waals surface area contributed by atoms with Crippen molar-refractivity contribution in [1.29, 1.82) is 0 Å². The minimum Gasteiger partial charge on any atom is -0.381 e. The van der Waals surface area contributed by atoms with Gasteiger partial charge in [-0.1, -0.05) is 63.6 Å². The van der Waals surface area contributed by atoms with Gasteiger partial charge in [-0.3, -0.25) is 14.4 Å². The van der Waals surface area contributed by atoms with E-state index in [-0.39, 0.29) is 29.5 Å². The van der Waals surface area contributed by atoms with E-state index in [4.69, 9.17) is 4.52 Å². The number of piperidine rings is 1. The number of hydrogen-bond donors (Lipinski definition) is 3. The van der Waals surface area contributed by atoms with E-state index >= 15 is 0 Å². The normalized spacial score (nSPS) is 20.1. The SMILES string of the molecule is CC[C@H](C)[C@H](NC(=O)[C@H](CC1CCCCC1)NC(=O)c1ccno1)C(=O)N1CCCC(Nc2cccc(C(F)(F)F)c2)C1. The molecule has 12 heteroatoms. The van der Waals surface area contributed by atoms with Gasteiger partial charge in [-0.15, -0.1) is 0 Å². The summed E-state index contributed by atoms with van der Waals surface area (Å²) in [4.78, 5) is 42.1. The van der Waals surface area contributed by atoms with Crippen molar-refractivity contribution in [1.82, 2.24) is 20.7 Å². The Bertz CT molecular complexity index is 1220. The zero-order valence-corrected chi connectivity index (χ0v) is 24.8. The Labute approximate surface area is 250 Å². The van der Waals surface area contributed by atoms with Gasteiger partial charge in [0.05, 0.1) is 11.8 Å². The Morgan fingerprint density at radius 2 is 1.84 bits per heavy atom. The lowest BCUT2D eigenvalue weighted by atomic mass is 9.84. The second-order valence-electron chi connectivity index (χ2n) is 11.9. The predicted molar refractivity (Wildman–Crippen MR) is 155 cm³/mol. The van der Waals surface area contributed by atoms with E-state index in [0.29, 0.717) is 44.5 Å². The first-order valence-electron chi connectivity index (χ1n) is 15.3. The number of aromatic nitrogens is 1. The van der Waals surface area contributed by atoms with Crippen LogP contribution in [0.3, 0.4) is 0 Å². The number of hydrogen-bond acceptors (Lipinski definition) is 6. The lowest BCUT2D eigenvalue weighted by Crippen LogP contribution is -2.58. The topological polar surface area (TPSA) is 117 Å². The summed E-state index contributed by atoms with van der Waals surface area (Å²) in [5.41, 5.74) is -0.395. The molecule has 1 unspecified atom stereocenters. The average molecular weight is 606 g/mol. The van der Waals surface area contributed by atoms with Crippen LogP contribution >= 0.6 is 0 Å². The van der Waals surface area contributed by atoms with Gasteiger partial charge >= 0.3 is 6.18 Å². The van der Waals surface area contributed by atoms with E-state index in [2.05, 4.69) is 21.1 Å². The number of anilines is 1. The summed E-state index contributed by atoms with van der Waals surface area (Å²) in [6.45, 7) is 4.62. The minimum atomic E-state index is -4.45. The number of halogens is 3. The van der Waals surface area contributed by atoms with Crippen LogP contribution in [0, 0.1) is 11.8 Å². The lowest BCUT2D eigenvalue weighted by Gasteiger charge is -2.37. The van der Waals surface area contributed by atoms with E-state index in [0.717, 1.165) is 44.2 Å². The van der Waals surface area contributed by atoms with E-state index in [1.807, 2.05) is 13.8 Å². The number of benzene rings is 1. The fourth-order valence-electron chi connectivity index (χ4n) is 6.00. The van der Waals surface area contributed by atoms with Gasteiger partial charge < -0.3 is 25.4 Å². The molecule has 3 N–H and O–H groups in total. The van der Waals surface area contributed by atoms with Gasteiger partial charge in [0.15, 0.2) is 0 Å². The molecule has 1 aromatic carbocycles. The van der Waals surface area contributed by atoms with Crippen LogP contribution in [0.4, 0.5) is 18.9 Å². The summed E-state index contributed by atoms with van der Waals surface area (Å²) < 4.78 is 44.6. The van der Waals surface area contributed by atoms with Crippen molar-refractivity contribution in [3.8, 4) is 0 Å². The predicted octanol–water partition coefficient (Wildman–Crippen LogP) is 5.40. The third kappa shape index (κ3) is 8.96. The molecule has 1 aliphatic heterocycles. The maximum Gasteiger partial charge on any atom is 0.416 e. The number of alkyl halides is 3. The first-order chi connectivity index (χ1) is 20.5. The van der Waals surface area contributed by atoms with Crippen LogP contribution in [0.15, 0.2) is 41.1 Å². The maximum absolute atomic E-state index is 13.9. The van der Waals surface area contributed by atoms with Crippen molar-refractivity contribution in [2.45, 2.75) is 95.9 Å². The van der Waals surface area contributed by atoms with Crippen molar-refractivity contribution in [2.75, 3.05) is 18.4 Å². The molecule has 2 aliphatic rings. The molecule has 1 aliphatic carbocycles. The van der Waals surface area contributed by atoms with Gasteiger partial charge in [-0.25, -0.2) is 0 Å². The van der Waals surface area contributed by atoms with Gasteiger partial charge in [0, 0.05) is 30.9 Å². The van der Waals surface area contributed by atoms with Crippen molar-refractivity contribution in [2.24, 2.45) is 11.8 Å². The Kier molecular flexibility index (Phi) is 11.1. The Morgan fingerprint density at radius 3 is 2.51 bits per heavy atom. The molecule has 0 radical (unpaired) electrons. The number of amides is 3. The van der Waals surface area contributed by atoms with Gasteiger partial charge in [-0.05, 0) is 49.3 Å². The monoisotopic (exact) mass is 605 g/mol. The molecule has 0 bridgehead atoms. The quantitative estimate of drug-likeness (QED) is 0.316. The second-order valence-corrected chi connectivity index (χ2v) is 11.9. The van der Waals surface area contributed by atoms with E-state index in [9.17, 15) is 27.6 Å². The molecule has 4 rings (SSSR count). The Morgan fingerprint density at radius 1 is 1.07 bits per heavy atom. The van der Waals surface area contributed by atoms with Crippen LogP contribution < -0.4 is 16.0 Å². The smallest absolute Gasteiger partial charge is 0.381 e. The van der Waals surface area contributed by atoms with Crippen LogP contribution in [0.25, 0.3) is 0 Å². The van der Waals surface area contributed by atoms with Crippen molar-refractivity contribution in [3.05, 3.63) is 47.9 Å². The van der Waals surface area contributed by atoms with Crippen LogP contribution in [-0.2, 0) is 15.8 Å². The highest BCUT2D eigenvalue weighted by atomic mass is 19.4. The number of nitrogens with zero attached hydrogens (tertiary/aromatic N) is 2. The number of nitrogens with one attached hydrogen (secondary N) is 3. The molecular weight excluding hydrogens is 563 g/mol. The number of rotatable bonds is 11. The van der Waals surface area contributed by atoms with Crippen LogP contribution in [0.2, 0.25) is 0 Å². The molecule has 236 valence electrons. The standard InChI is InChI=1S/C31H42F3N5O4/c1-3-20(2)27(30(42)39-16-8-13-24(19-39)36-23-12-7-11-22(18-23)31(32,33)34)38-28(40)25(17-21-9-5-4-6-10-21)37-29(41)26-14-15-35-43-26/h7,11-12,14-15,18,20-21,24-25,27,36H,3-6,8-10,13,16-17,19H2,1-2H3,(H,37,41)(H,38,40)/t20-,24?,25-,27-/m0/s1. The van der Waals surface area contributed by atoms with Crippen molar-refractivity contribution >= 4 is 23.4 Å². The molecule has 2 fully saturated rings. The van der Waals surface area contributed by atoms with E-state index in [1.165, 1.54) is 18.3 Å². The molecule has 0 spiro atoms. The van der Waals surface area contributed by atoms with Crippen LogP contribution in [0.5, 0.6) is 0 Å². The zero-order valence-electron chi connectivity index (χ0n) is 24.8. The molecule has 2 heterocycles. The molecule has 2 aromatic rings. The molecule has 43 heavy (non-hydrogen) atoms. The number of carbonyl (C=O) groups excluding carboxylic acids is 3. The summed E-state index contributed by atoms with van der Waals surface area (Å²) in [6, 6.07) is 4.55. The van der Waals surface area contributed by atoms with Gasteiger partial charge in [0.1, 0.15) is 12.1 Å². The van der Waals surface area contributed by atoms with Crippen LogP contribution in [0.1, 0.15) is 87.8 Å². The average Bonchev–Trinajstić information content (AvgIpc) is 3.55. The summed E-state index contributed by atoms with van der Waals surface area (Å²) in [5.74, 6) is -1.11. The van der Waals surface area contributed by atoms with Gasteiger partial charge in [0.2, 0.25) is 17.6 Å². The highest BCUT2D eigenvalue weighted by molar-refractivity contribution is 5.96. The molecule has 1 saturated carbocycles. The lowest BCUT2D eigenvalue weighted by molar-refractivity contribution is -0.139. The third-order valence-electron chi connectivity index (χ3n) is 8.65.